The third-order valence-corrected chi connectivity index (χ3v) is 4.74. The molecule has 7 heteroatoms. The van der Waals surface area contributed by atoms with Crippen LogP contribution >= 0.6 is 0 Å². The monoisotopic (exact) mass is 363 g/mol. The molecule has 4 heterocycles. The Labute approximate surface area is 157 Å². The molecule has 1 saturated heterocycles. The van der Waals surface area contributed by atoms with Crippen LogP contribution in [-0.4, -0.2) is 34.2 Å². The fourth-order valence-electron chi connectivity index (χ4n) is 3.29. The lowest BCUT2D eigenvalue weighted by Crippen LogP contribution is -2.43. The standard InChI is InChI=1S/C20H21N5O2/c26-20(22-13-17-6-3-11-27-17)16-5-2-10-25(14-16)19-8-7-18(23-24-19)15-4-1-9-21-12-15/h1,3-4,6-9,11-12,16H,2,5,10,13-14H2,(H,22,26). The minimum atomic E-state index is -0.0616. The number of rotatable bonds is 5. The van der Waals surface area contributed by atoms with E-state index in [0.717, 1.165) is 42.2 Å². The van der Waals surface area contributed by atoms with Gasteiger partial charge in [0.25, 0.3) is 0 Å². The van der Waals surface area contributed by atoms with Gasteiger partial charge in [-0.15, -0.1) is 10.2 Å². The highest BCUT2D eigenvalue weighted by molar-refractivity contribution is 5.79. The van der Waals surface area contributed by atoms with E-state index in [9.17, 15) is 4.79 Å². The lowest BCUT2D eigenvalue weighted by atomic mass is 9.97. The fourth-order valence-corrected chi connectivity index (χ4v) is 3.29. The van der Waals surface area contributed by atoms with E-state index in [1.54, 1.807) is 18.7 Å². The summed E-state index contributed by atoms with van der Waals surface area (Å²) in [5.41, 5.74) is 1.72. The molecule has 1 fully saturated rings. The van der Waals surface area contributed by atoms with Gasteiger partial charge in [0.2, 0.25) is 5.91 Å². The molecule has 4 rings (SSSR count). The molecule has 1 N–H and O–H groups in total. The molecule has 3 aromatic rings. The number of aromatic nitrogens is 3. The van der Waals surface area contributed by atoms with Crippen LogP contribution in [0.4, 0.5) is 5.82 Å². The van der Waals surface area contributed by atoms with Crippen molar-refractivity contribution in [3.8, 4) is 11.3 Å². The van der Waals surface area contributed by atoms with E-state index >= 15 is 0 Å². The Hall–Kier alpha value is -3.22. The maximum absolute atomic E-state index is 12.5. The first-order chi connectivity index (χ1) is 13.3. The van der Waals surface area contributed by atoms with Crippen molar-refractivity contribution in [2.24, 2.45) is 5.92 Å². The largest absolute Gasteiger partial charge is 0.467 e. The maximum atomic E-state index is 12.5. The average Bonchev–Trinajstić information content (AvgIpc) is 3.27. The Bertz CT molecular complexity index is 865. The van der Waals surface area contributed by atoms with Gasteiger partial charge in [-0.2, -0.15) is 0 Å². The second-order valence-corrected chi connectivity index (χ2v) is 6.60. The van der Waals surface area contributed by atoms with Crippen LogP contribution in [0.1, 0.15) is 18.6 Å². The van der Waals surface area contributed by atoms with Gasteiger partial charge in [-0.1, -0.05) is 0 Å². The smallest absolute Gasteiger partial charge is 0.225 e. The van der Waals surface area contributed by atoms with E-state index in [-0.39, 0.29) is 11.8 Å². The van der Waals surface area contributed by atoms with E-state index in [4.69, 9.17) is 4.42 Å². The van der Waals surface area contributed by atoms with Gasteiger partial charge in [0.15, 0.2) is 5.82 Å². The first-order valence-corrected chi connectivity index (χ1v) is 9.09. The molecule has 1 aliphatic heterocycles. The van der Waals surface area contributed by atoms with E-state index in [1.165, 1.54) is 0 Å². The number of nitrogens with zero attached hydrogens (tertiary/aromatic N) is 4. The van der Waals surface area contributed by atoms with Gasteiger partial charge < -0.3 is 14.6 Å². The molecule has 0 radical (unpaired) electrons. The van der Waals surface area contributed by atoms with Crippen LogP contribution in [0.3, 0.4) is 0 Å². The number of amides is 1. The molecule has 27 heavy (non-hydrogen) atoms. The summed E-state index contributed by atoms with van der Waals surface area (Å²) in [7, 11) is 0. The van der Waals surface area contributed by atoms with Crippen LogP contribution in [0.5, 0.6) is 0 Å². The zero-order valence-electron chi connectivity index (χ0n) is 14.9. The number of hydrogen-bond acceptors (Lipinski definition) is 6. The van der Waals surface area contributed by atoms with Gasteiger partial charge in [0, 0.05) is 31.0 Å². The van der Waals surface area contributed by atoms with Crippen LogP contribution < -0.4 is 10.2 Å². The number of pyridine rings is 1. The molecule has 7 nitrogen and oxygen atoms in total. The highest BCUT2D eigenvalue weighted by Gasteiger charge is 2.26. The molecule has 1 atom stereocenters. The molecule has 0 aliphatic carbocycles. The summed E-state index contributed by atoms with van der Waals surface area (Å²) in [5.74, 6) is 1.54. The number of furan rings is 1. The minimum Gasteiger partial charge on any atom is -0.467 e. The molecule has 0 saturated carbocycles. The summed E-state index contributed by atoms with van der Waals surface area (Å²) in [5, 5.41) is 11.6. The second kappa shape index (κ2) is 7.99. The van der Waals surface area contributed by atoms with Crippen LogP contribution in [0.2, 0.25) is 0 Å². The number of piperidine rings is 1. The van der Waals surface area contributed by atoms with Crippen LogP contribution in [0.15, 0.2) is 59.5 Å². The Morgan fingerprint density at radius 3 is 2.93 bits per heavy atom. The number of carbonyl (C=O) groups excluding carboxylic acids is 1. The third-order valence-electron chi connectivity index (χ3n) is 4.74. The summed E-state index contributed by atoms with van der Waals surface area (Å²) < 4.78 is 5.26. The summed E-state index contributed by atoms with van der Waals surface area (Å²) in [4.78, 5) is 18.7. The molecular formula is C20H21N5O2. The Morgan fingerprint density at radius 2 is 2.19 bits per heavy atom. The Balaban J connectivity index is 1.38. The average molecular weight is 363 g/mol. The summed E-state index contributed by atoms with van der Waals surface area (Å²) in [6.07, 6.45) is 6.93. The topological polar surface area (TPSA) is 84.2 Å². The van der Waals surface area contributed by atoms with E-state index in [0.29, 0.717) is 13.1 Å². The van der Waals surface area contributed by atoms with Gasteiger partial charge in [0.1, 0.15) is 5.76 Å². The second-order valence-electron chi connectivity index (χ2n) is 6.60. The lowest BCUT2D eigenvalue weighted by Gasteiger charge is -2.32. The summed E-state index contributed by atoms with van der Waals surface area (Å²) in [6, 6.07) is 11.4. The van der Waals surface area contributed by atoms with Crippen molar-refractivity contribution in [1.29, 1.82) is 0 Å². The highest BCUT2D eigenvalue weighted by Crippen LogP contribution is 2.23. The number of nitrogens with one attached hydrogen (secondary N) is 1. The van der Waals surface area contributed by atoms with E-state index < -0.39 is 0 Å². The first-order valence-electron chi connectivity index (χ1n) is 9.09. The van der Waals surface area contributed by atoms with Crippen molar-refractivity contribution < 1.29 is 9.21 Å². The van der Waals surface area contributed by atoms with Crippen LogP contribution in [-0.2, 0) is 11.3 Å². The van der Waals surface area contributed by atoms with E-state index in [1.807, 2.05) is 36.4 Å². The molecule has 3 aromatic heterocycles. The number of carbonyl (C=O) groups is 1. The van der Waals surface area contributed by atoms with Gasteiger partial charge >= 0.3 is 0 Å². The van der Waals surface area contributed by atoms with Crippen LogP contribution in [0, 0.1) is 5.92 Å². The molecule has 1 aliphatic rings. The normalized spacial score (nSPS) is 16.9. The lowest BCUT2D eigenvalue weighted by molar-refractivity contribution is -0.125. The van der Waals surface area contributed by atoms with Gasteiger partial charge in [-0.3, -0.25) is 9.78 Å². The predicted molar refractivity (Wildman–Crippen MR) is 101 cm³/mol. The quantitative estimate of drug-likeness (QED) is 0.750. The highest BCUT2D eigenvalue weighted by atomic mass is 16.3. The number of anilines is 1. The van der Waals surface area contributed by atoms with Gasteiger partial charge in [-0.05, 0) is 49.2 Å². The van der Waals surface area contributed by atoms with Crippen molar-refractivity contribution in [2.45, 2.75) is 19.4 Å². The number of hydrogen-bond donors (Lipinski definition) is 1. The minimum absolute atomic E-state index is 0.0519. The molecule has 0 aromatic carbocycles. The zero-order valence-corrected chi connectivity index (χ0v) is 14.9. The molecule has 0 spiro atoms. The summed E-state index contributed by atoms with van der Waals surface area (Å²) >= 11 is 0. The van der Waals surface area contributed by atoms with E-state index in [2.05, 4.69) is 25.4 Å². The molecule has 0 bridgehead atoms. The van der Waals surface area contributed by atoms with Crippen molar-refractivity contribution in [3.63, 3.8) is 0 Å². The predicted octanol–water partition coefficient (Wildman–Crippen LogP) is 2.66. The van der Waals surface area contributed by atoms with Crippen molar-refractivity contribution in [3.05, 3.63) is 60.8 Å². The maximum Gasteiger partial charge on any atom is 0.225 e. The van der Waals surface area contributed by atoms with Crippen molar-refractivity contribution in [2.75, 3.05) is 18.0 Å². The molecule has 138 valence electrons. The third kappa shape index (κ3) is 4.13. The fraction of sp³-hybridized carbons (Fsp3) is 0.300. The molecule has 1 unspecified atom stereocenters. The van der Waals surface area contributed by atoms with Gasteiger partial charge in [-0.25, -0.2) is 0 Å². The van der Waals surface area contributed by atoms with Gasteiger partial charge in [0.05, 0.1) is 24.4 Å². The zero-order chi connectivity index (χ0) is 18.5. The Kier molecular flexibility index (Phi) is 5.09. The van der Waals surface area contributed by atoms with Crippen molar-refractivity contribution in [1.82, 2.24) is 20.5 Å². The van der Waals surface area contributed by atoms with Crippen LogP contribution in [0.25, 0.3) is 11.3 Å². The Morgan fingerprint density at radius 1 is 1.22 bits per heavy atom. The SMILES string of the molecule is O=C(NCc1ccco1)C1CCCN(c2ccc(-c3cccnc3)nn2)C1. The first kappa shape index (κ1) is 17.2. The van der Waals surface area contributed by atoms with Crippen molar-refractivity contribution >= 4 is 11.7 Å². The molecular weight excluding hydrogens is 342 g/mol. The summed E-state index contributed by atoms with van der Waals surface area (Å²) in [6.45, 7) is 1.94. The molecule has 1 amide bonds.